The van der Waals surface area contributed by atoms with Crippen LogP contribution in [-0.4, -0.2) is 44.2 Å². The van der Waals surface area contributed by atoms with Crippen LogP contribution in [0.5, 0.6) is 5.75 Å². The lowest BCUT2D eigenvalue weighted by atomic mass is 9.84. The Morgan fingerprint density at radius 3 is 2.52 bits per heavy atom. The Morgan fingerprint density at radius 2 is 1.82 bits per heavy atom. The van der Waals surface area contributed by atoms with E-state index in [9.17, 15) is 9.59 Å². The molecule has 1 aromatic carbocycles. The topological polar surface area (TPSA) is 104 Å². The van der Waals surface area contributed by atoms with Crippen molar-refractivity contribution >= 4 is 17.8 Å². The molecule has 1 aliphatic heterocycles. The van der Waals surface area contributed by atoms with Crippen LogP contribution in [0.15, 0.2) is 48.0 Å². The van der Waals surface area contributed by atoms with Crippen LogP contribution in [0.2, 0.25) is 0 Å². The van der Waals surface area contributed by atoms with Gasteiger partial charge in [0.1, 0.15) is 17.1 Å². The van der Waals surface area contributed by atoms with Crippen molar-refractivity contribution in [1.29, 1.82) is 0 Å². The second-order valence-electron chi connectivity index (χ2n) is 7.33. The van der Waals surface area contributed by atoms with E-state index in [-0.39, 0.29) is 31.1 Å². The molecule has 8 heteroatoms. The molecule has 0 saturated carbocycles. The minimum absolute atomic E-state index is 0.00346. The van der Waals surface area contributed by atoms with Crippen molar-refractivity contribution in [3.63, 3.8) is 0 Å². The summed E-state index contributed by atoms with van der Waals surface area (Å²) in [6.07, 6.45) is 11.9. The van der Waals surface area contributed by atoms with Gasteiger partial charge in [0.15, 0.2) is 13.2 Å². The van der Waals surface area contributed by atoms with Crippen LogP contribution >= 0.6 is 0 Å². The lowest BCUT2D eigenvalue weighted by Gasteiger charge is -2.28. The van der Waals surface area contributed by atoms with Crippen LogP contribution < -0.4 is 15.4 Å². The number of terminal acetylenes is 2. The molecule has 0 amide bonds. The summed E-state index contributed by atoms with van der Waals surface area (Å²) in [5.41, 5.74) is 8.34. The molecule has 0 fully saturated rings. The van der Waals surface area contributed by atoms with Gasteiger partial charge in [-0.25, -0.2) is 9.78 Å². The van der Waals surface area contributed by atoms with Crippen LogP contribution in [0.25, 0.3) is 11.1 Å². The molecule has 0 aliphatic carbocycles. The van der Waals surface area contributed by atoms with Gasteiger partial charge in [-0.05, 0) is 35.4 Å². The van der Waals surface area contributed by atoms with E-state index >= 15 is 0 Å². The molecule has 0 saturated heterocycles. The van der Waals surface area contributed by atoms with Crippen molar-refractivity contribution in [1.82, 2.24) is 4.98 Å². The predicted molar refractivity (Wildman–Crippen MR) is 123 cm³/mol. The van der Waals surface area contributed by atoms with E-state index in [1.165, 1.54) is 0 Å². The molecule has 168 valence electrons. The highest BCUT2D eigenvalue weighted by Gasteiger charge is 2.36. The van der Waals surface area contributed by atoms with Gasteiger partial charge in [0.25, 0.3) is 0 Å². The molecule has 3 rings (SSSR count). The van der Waals surface area contributed by atoms with Gasteiger partial charge in [-0.1, -0.05) is 17.9 Å². The van der Waals surface area contributed by atoms with Crippen LogP contribution in [0.1, 0.15) is 17.9 Å². The number of benzene rings is 1. The van der Waals surface area contributed by atoms with Gasteiger partial charge < -0.3 is 24.8 Å². The summed E-state index contributed by atoms with van der Waals surface area (Å²) in [5.74, 6) is 3.37. The lowest BCUT2D eigenvalue weighted by Crippen LogP contribution is -2.28. The molecule has 0 bridgehead atoms. The van der Waals surface area contributed by atoms with Crippen LogP contribution in [0.3, 0.4) is 0 Å². The minimum atomic E-state index is -0.778. The fraction of sp³-hybridized carbons (Fsp3) is 0.240. The molecule has 1 aliphatic rings. The number of pyridine rings is 1. The smallest absolute Gasteiger partial charge is 0.341 e. The van der Waals surface area contributed by atoms with Crippen LogP contribution in [0, 0.1) is 24.7 Å². The van der Waals surface area contributed by atoms with Gasteiger partial charge in [0.2, 0.25) is 5.88 Å². The molecule has 2 N–H and O–H groups in total. The first-order valence-electron chi connectivity index (χ1n) is 10.0. The summed E-state index contributed by atoms with van der Waals surface area (Å²) in [5, 5.41) is 0. The number of anilines is 1. The Kier molecular flexibility index (Phi) is 7.22. The molecule has 1 aromatic heterocycles. The summed E-state index contributed by atoms with van der Waals surface area (Å²) < 4.78 is 15.8. The molecule has 2 heterocycles. The molecule has 8 nitrogen and oxygen atoms in total. The summed E-state index contributed by atoms with van der Waals surface area (Å²) in [6, 6.07) is 9.21. The van der Waals surface area contributed by atoms with Crippen molar-refractivity contribution in [3.8, 4) is 41.6 Å². The molecule has 1 unspecified atom stereocenters. The fourth-order valence-electron chi connectivity index (χ4n) is 3.42. The number of aromatic nitrogens is 1. The normalized spacial score (nSPS) is 14.2. The molecular formula is C25H23N3O5. The maximum absolute atomic E-state index is 12.7. The van der Waals surface area contributed by atoms with E-state index in [2.05, 4.69) is 16.8 Å². The Labute approximate surface area is 192 Å². The number of fused-ring (bicyclic) bond motifs is 1. The number of nitrogens with two attached hydrogens (primary N) is 1. The summed E-state index contributed by atoms with van der Waals surface area (Å²) in [6.45, 7) is -0.434. The Hall–Kier alpha value is -4.43. The van der Waals surface area contributed by atoms with E-state index in [0.29, 0.717) is 11.3 Å². The van der Waals surface area contributed by atoms with E-state index in [4.69, 9.17) is 32.8 Å². The van der Waals surface area contributed by atoms with E-state index in [1.807, 2.05) is 43.3 Å². The minimum Gasteiger partial charge on any atom is -0.452 e. The molecule has 2 aromatic rings. The summed E-state index contributed by atoms with van der Waals surface area (Å²) in [7, 11) is 3.79. The third kappa shape index (κ3) is 5.25. The van der Waals surface area contributed by atoms with Gasteiger partial charge in [-0.15, -0.1) is 12.8 Å². The Balaban J connectivity index is 2.06. The number of ether oxygens (including phenoxy) is 3. The first-order chi connectivity index (χ1) is 15.8. The van der Waals surface area contributed by atoms with E-state index in [0.717, 1.165) is 16.9 Å². The third-order valence-corrected chi connectivity index (χ3v) is 4.95. The first kappa shape index (κ1) is 23.2. The first-order valence-corrected chi connectivity index (χ1v) is 10.0. The zero-order chi connectivity index (χ0) is 24.0. The van der Waals surface area contributed by atoms with Crippen molar-refractivity contribution in [2.24, 2.45) is 5.73 Å². The van der Waals surface area contributed by atoms with Crippen LogP contribution in [0.4, 0.5) is 5.82 Å². The van der Waals surface area contributed by atoms with Crippen molar-refractivity contribution < 1.29 is 23.8 Å². The van der Waals surface area contributed by atoms with Gasteiger partial charge in [0.05, 0.1) is 6.42 Å². The van der Waals surface area contributed by atoms with Crippen molar-refractivity contribution in [3.05, 3.63) is 53.5 Å². The van der Waals surface area contributed by atoms with Gasteiger partial charge >= 0.3 is 11.9 Å². The number of rotatable bonds is 7. The second-order valence-corrected chi connectivity index (χ2v) is 7.33. The number of hydrogen-bond acceptors (Lipinski definition) is 8. The number of esters is 2. The summed E-state index contributed by atoms with van der Waals surface area (Å²) in [4.78, 5) is 31.4. The monoisotopic (exact) mass is 445 g/mol. The highest BCUT2D eigenvalue weighted by Crippen LogP contribution is 2.42. The van der Waals surface area contributed by atoms with Crippen molar-refractivity contribution in [2.45, 2.75) is 12.3 Å². The predicted octanol–water partition coefficient (Wildman–Crippen LogP) is 2.20. The van der Waals surface area contributed by atoms with Crippen molar-refractivity contribution in [2.75, 3.05) is 32.2 Å². The zero-order valence-corrected chi connectivity index (χ0v) is 18.3. The zero-order valence-electron chi connectivity index (χ0n) is 18.3. The van der Waals surface area contributed by atoms with Gasteiger partial charge in [0, 0.05) is 31.8 Å². The number of hydrogen-bond donors (Lipinski definition) is 1. The molecule has 1 atom stereocenters. The van der Waals surface area contributed by atoms with Gasteiger partial charge in [-0.3, -0.25) is 4.79 Å². The molecule has 33 heavy (non-hydrogen) atoms. The lowest BCUT2D eigenvalue weighted by molar-refractivity contribution is -0.142. The molecule has 0 radical (unpaired) electrons. The maximum Gasteiger partial charge on any atom is 0.341 e. The maximum atomic E-state index is 12.7. The largest absolute Gasteiger partial charge is 0.452 e. The quantitative estimate of drug-likeness (QED) is 0.511. The SMILES string of the molecule is C#CCOC(=O)CC1C(C(=O)OCC#C)=C(N)Oc2ccc(-c3ccnc(N(C)C)c3)cc21. The van der Waals surface area contributed by atoms with Gasteiger partial charge in [-0.2, -0.15) is 0 Å². The highest BCUT2D eigenvalue weighted by atomic mass is 16.5. The molecule has 0 spiro atoms. The molecular weight excluding hydrogens is 422 g/mol. The average Bonchev–Trinajstić information content (AvgIpc) is 2.81. The Bertz CT molecular complexity index is 1190. The fourth-order valence-corrected chi connectivity index (χ4v) is 3.42. The average molecular weight is 445 g/mol. The van der Waals surface area contributed by atoms with E-state index < -0.39 is 17.9 Å². The number of carbonyl (C=O) groups is 2. The van der Waals surface area contributed by atoms with E-state index in [1.54, 1.807) is 12.3 Å². The Morgan fingerprint density at radius 1 is 1.12 bits per heavy atom. The number of nitrogens with zero attached hydrogens (tertiary/aromatic N) is 2. The second kappa shape index (κ2) is 10.3. The third-order valence-electron chi connectivity index (χ3n) is 4.95. The van der Waals surface area contributed by atoms with Crippen LogP contribution in [-0.2, 0) is 19.1 Å². The standard InChI is InChI=1S/C25H23N3O5/c1-5-11-31-22(29)15-19-18-13-16(17-9-10-27-21(14-17)28(3)4)7-8-20(18)33-24(26)23(19)25(30)32-12-6-2/h1-2,7-10,13-14,19H,11-12,15,26H2,3-4H3. The summed E-state index contributed by atoms with van der Waals surface area (Å²) >= 11 is 0. The number of carbonyl (C=O) groups excluding carboxylic acids is 2. The highest BCUT2D eigenvalue weighted by molar-refractivity contribution is 5.93.